The molecular weight excluding hydrogens is 269 g/mol. The zero-order valence-corrected chi connectivity index (χ0v) is 11.6. The Morgan fingerprint density at radius 2 is 1.95 bits per heavy atom. The highest BCUT2D eigenvalue weighted by Gasteiger charge is 2.07. The first-order valence-corrected chi connectivity index (χ1v) is 6.52. The minimum atomic E-state index is -0.369. The fraction of sp³-hybridized carbons (Fsp3) is 0.176. The molecule has 0 aliphatic carbocycles. The summed E-state index contributed by atoms with van der Waals surface area (Å²) in [6, 6.07) is 12.6. The zero-order chi connectivity index (χ0) is 15.2. The van der Waals surface area contributed by atoms with Gasteiger partial charge >= 0.3 is 0 Å². The fourth-order valence-corrected chi connectivity index (χ4v) is 1.86. The molecule has 0 atom stereocenters. The van der Waals surface area contributed by atoms with Crippen LogP contribution in [-0.4, -0.2) is 12.4 Å². The molecule has 0 N–H and O–H groups in total. The van der Waals surface area contributed by atoms with E-state index in [-0.39, 0.29) is 24.6 Å². The van der Waals surface area contributed by atoms with Crippen molar-refractivity contribution in [3.63, 3.8) is 0 Å². The Balaban J connectivity index is 1.94. The molecule has 3 nitrogen and oxygen atoms in total. The smallest absolute Gasteiger partial charge is 0.166 e. The van der Waals surface area contributed by atoms with Crippen molar-refractivity contribution in [3.8, 4) is 11.8 Å². The van der Waals surface area contributed by atoms with Crippen LogP contribution in [0.15, 0.2) is 42.5 Å². The molecule has 4 heteroatoms. The normalized spacial score (nSPS) is 9.95. The first-order chi connectivity index (χ1) is 10.1. The number of ketones is 1. The van der Waals surface area contributed by atoms with Crippen LogP contribution < -0.4 is 4.74 Å². The van der Waals surface area contributed by atoms with E-state index < -0.39 is 0 Å². The first-order valence-electron chi connectivity index (χ1n) is 6.52. The lowest BCUT2D eigenvalue weighted by Gasteiger charge is -2.09. The maximum atomic E-state index is 12.8. The molecule has 0 radical (unpaired) electrons. The van der Waals surface area contributed by atoms with E-state index >= 15 is 0 Å². The van der Waals surface area contributed by atoms with E-state index in [1.54, 1.807) is 18.2 Å². The van der Waals surface area contributed by atoms with Gasteiger partial charge in [-0.1, -0.05) is 6.07 Å². The molecule has 2 aromatic carbocycles. The van der Waals surface area contributed by atoms with Crippen molar-refractivity contribution in [2.24, 2.45) is 0 Å². The lowest BCUT2D eigenvalue weighted by atomic mass is 10.1. The highest BCUT2D eigenvalue weighted by atomic mass is 19.1. The molecule has 0 aliphatic rings. The Kier molecular flexibility index (Phi) is 4.68. The van der Waals surface area contributed by atoms with Gasteiger partial charge < -0.3 is 4.74 Å². The van der Waals surface area contributed by atoms with Gasteiger partial charge in [0.05, 0.1) is 18.2 Å². The fourth-order valence-electron chi connectivity index (χ4n) is 1.86. The van der Waals surface area contributed by atoms with Gasteiger partial charge in [-0.2, -0.15) is 5.26 Å². The van der Waals surface area contributed by atoms with E-state index in [4.69, 9.17) is 10.00 Å². The van der Waals surface area contributed by atoms with Crippen molar-refractivity contribution in [1.82, 2.24) is 0 Å². The summed E-state index contributed by atoms with van der Waals surface area (Å²) in [7, 11) is 0. The summed E-state index contributed by atoms with van der Waals surface area (Å²) in [5, 5.41) is 8.85. The highest BCUT2D eigenvalue weighted by Crippen LogP contribution is 2.19. The molecule has 2 rings (SSSR count). The SMILES string of the molecule is Cc1ccc(C#N)cc1OCCC(=O)c1ccc(F)cc1. The van der Waals surface area contributed by atoms with Gasteiger partial charge in [0, 0.05) is 12.0 Å². The quantitative estimate of drug-likeness (QED) is 0.787. The van der Waals surface area contributed by atoms with Crippen molar-refractivity contribution in [1.29, 1.82) is 5.26 Å². The minimum Gasteiger partial charge on any atom is -0.493 e. The highest BCUT2D eigenvalue weighted by molar-refractivity contribution is 5.96. The monoisotopic (exact) mass is 283 g/mol. The number of ether oxygens (including phenoxy) is 1. The van der Waals surface area contributed by atoms with Crippen LogP contribution in [-0.2, 0) is 0 Å². The van der Waals surface area contributed by atoms with Gasteiger partial charge in [-0.05, 0) is 48.9 Å². The Labute approximate surface area is 122 Å². The van der Waals surface area contributed by atoms with Crippen LogP contribution >= 0.6 is 0 Å². The van der Waals surface area contributed by atoms with E-state index in [9.17, 15) is 9.18 Å². The van der Waals surface area contributed by atoms with E-state index in [1.165, 1.54) is 24.3 Å². The summed E-state index contributed by atoms with van der Waals surface area (Å²) in [4.78, 5) is 11.9. The molecule has 2 aromatic rings. The van der Waals surface area contributed by atoms with Gasteiger partial charge in [0.1, 0.15) is 11.6 Å². The van der Waals surface area contributed by atoms with Crippen molar-refractivity contribution in [3.05, 3.63) is 65.0 Å². The molecule has 0 saturated carbocycles. The van der Waals surface area contributed by atoms with Crippen LogP contribution in [0, 0.1) is 24.1 Å². The molecule has 0 saturated heterocycles. The number of nitrogens with zero attached hydrogens (tertiary/aromatic N) is 1. The van der Waals surface area contributed by atoms with Crippen LogP contribution in [0.1, 0.15) is 27.9 Å². The second-order valence-corrected chi connectivity index (χ2v) is 4.62. The van der Waals surface area contributed by atoms with Crippen molar-refractivity contribution in [2.45, 2.75) is 13.3 Å². The molecule has 0 unspecified atom stereocenters. The first kappa shape index (κ1) is 14.7. The standard InChI is InChI=1S/C17H14FNO2/c1-12-2-3-13(11-19)10-17(12)21-9-8-16(20)14-4-6-15(18)7-5-14/h2-7,10H,8-9H2,1H3. The number of hydrogen-bond donors (Lipinski definition) is 0. The van der Waals surface area contributed by atoms with E-state index in [2.05, 4.69) is 0 Å². The van der Waals surface area contributed by atoms with Gasteiger partial charge in [-0.15, -0.1) is 0 Å². The molecule has 0 aromatic heterocycles. The molecular formula is C17H14FNO2. The summed E-state index contributed by atoms with van der Waals surface area (Å²) in [6.45, 7) is 2.09. The average Bonchev–Trinajstić information content (AvgIpc) is 2.49. The summed E-state index contributed by atoms with van der Waals surface area (Å²) in [6.07, 6.45) is 0.196. The molecule has 0 spiro atoms. The van der Waals surface area contributed by atoms with Crippen LogP contribution in [0.3, 0.4) is 0 Å². The van der Waals surface area contributed by atoms with Crippen LogP contribution in [0.5, 0.6) is 5.75 Å². The van der Waals surface area contributed by atoms with Crippen LogP contribution in [0.4, 0.5) is 4.39 Å². The van der Waals surface area contributed by atoms with Gasteiger partial charge in [-0.25, -0.2) is 4.39 Å². The Morgan fingerprint density at radius 3 is 2.62 bits per heavy atom. The molecule has 0 aliphatic heterocycles. The number of carbonyl (C=O) groups excluding carboxylic acids is 1. The summed E-state index contributed by atoms with van der Waals surface area (Å²) in [5.41, 5.74) is 1.88. The number of hydrogen-bond acceptors (Lipinski definition) is 3. The van der Waals surface area contributed by atoms with E-state index in [0.717, 1.165) is 5.56 Å². The molecule has 106 valence electrons. The molecule has 0 fully saturated rings. The van der Waals surface area contributed by atoms with E-state index in [0.29, 0.717) is 16.9 Å². The zero-order valence-electron chi connectivity index (χ0n) is 11.6. The lowest BCUT2D eigenvalue weighted by molar-refractivity contribution is 0.0962. The molecule has 0 heterocycles. The van der Waals surface area contributed by atoms with Crippen molar-refractivity contribution >= 4 is 5.78 Å². The maximum Gasteiger partial charge on any atom is 0.166 e. The Morgan fingerprint density at radius 1 is 1.24 bits per heavy atom. The number of rotatable bonds is 5. The second-order valence-electron chi connectivity index (χ2n) is 4.62. The third kappa shape index (κ3) is 3.90. The van der Waals surface area contributed by atoms with Gasteiger partial charge in [0.25, 0.3) is 0 Å². The number of halogens is 1. The second kappa shape index (κ2) is 6.67. The summed E-state index contributed by atoms with van der Waals surface area (Å²) >= 11 is 0. The molecule has 21 heavy (non-hydrogen) atoms. The largest absolute Gasteiger partial charge is 0.493 e. The molecule has 0 amide bonds. The average molecular weight is 283 g/mol. The number of carbonyl (C=O) groups is 1. The number of Topliss-reactive ketones (excluding diaryl/α,β-unsaturated/α-hetero) is 1. The summed E-state index contributed by atoms with van der Waals surface area (Å²) < 4.78 is 18.3. The Hall–Kier alpha value is -2.67. The molecule has 0 bridgehead atoms. The van der Waals surface area contributed by atoms with Gasteiger partial charge in [-0.3, -0.25) is 4.79 Å². The van der Waals surface area contributed by atoms with Crippen LogP contribution in [0.25, 0.3) is 0 Å². The number of aryl methyl sites for hydroxylation is 1. The predicted octanol–water partition coefficient (Wildman–Crippen LogP) is 3.66. The van der Waals surface area contributed by atoms with Gasteiger partial charge in [0.15, 0.2) is 5.78 Å². The maximum absolute atomic E-state index is 12.8. The van der Waals surface area contributed by atoms with Gasteiger partial charge in [0.2, 0.25) is 0 Å². The van der Waals surface area contributed by atoms with E-state index in [1.807, 2.05) is 13.0 Å². The third-order valence-electron chi connectivity index (χ3n) is 3.07. The predicted molar refractivity (Wildman–Crippen MR) is 76.7 cm³/mol. The van der Waals surface area contributed by atoms with Crippen molar-refractivity contribution < 1.29 is 13.9 Å². The minimum absolute atomic E-state index is 0.107. The number of benzene rings is 2. The lowest BCUT2D eigenvalue weighted by Crippen LogP contribution is -2.07. The number of nitriles is 1. The van der Waals surface area contributed by atoms with Crippen molar-refractivity contribution in [2.75, 3.05) is 6.61 Å². The third-order valence-corrected chi connectivity index (χ3v) is 3.07. The van der Waals surface area contributed by atoms with Crippen LogP contribution in [0.2, 0.25) is 0 Å². The topological polar surface area (TPSA) is 50.1 Å². The Bertz CT molecular complexity index is 687. The summed E-state index contributed by atoms with van der Waals surface area (Å²) in [5.74, 6) is 0.122.